The summed E-state index contributed by atoms with van der Waals surface area (Å²) in [5.74, 6) is -0.123. The largest absolute Gasteiger partial charge is 0.507 e. The fourth-order valence-electron chi connectivity index (χ4n) is 4.34. The number of ether oxygens (including phenoxy) is 3. The molecule has 34 heavy (non-hydrogen) atoms. The summed E-state index contributed by atoms with van der Waals surface area (Å²) in [5, 5.41) is 11.3. The van der Waals surface area contributed by atoms with Crippen LogP contribution in [0.4, 0.5) is 5.69 Å². The van der Waals surface area contributed by atoms with E-state index >= 15 is 0 Å². The lowest BCUT2D eigenvalue weighted by Gasteiger charge is -2.26. The summed E-state index contributed by atoms with van der Waals surface area (Å²) in [6, 6.07) is 18.6. The van der Waals surface area contributed by atoms with Gasteiger partial charge in [-0.1, -0.05) is 42.0 Å². The average molecular weight is 457 g/mol. The SMILES string of the molecule is CCOc1cccc(/C(O)=C2\C(=O)C(=O)N(c3ccc4c(c3)OCO4)C2c2cccc(C)c2)c1. The zero-order valence-electron chi connectivity index (χ0n) is 18.8. The molecule has 7 nitrogen and oxygen atoms in total. The van der Waals surface area contributed by atoms with E-state index in [0.717, 1.165) is 5.56 Å². The Hall–Kier alpha value is -4.26. The molecule has 2 aliphatic rings. The fraction of sp³-hybridized carbons (Fsp3) is 0.185. The van der Waals surface area contributed by atoms with Crippen LogP contribution in [0.2, 0.25) is 0 Å². The van der Waals surface area contributed by atoms with E-state index in [-0.39, 0.29) is 18.1 Å². The molecule has 0 radical (unpaired) electrons. The summed E-state index contributed by atoms with van der Waals surface area (Å²) in [7, 11) is 0. The third-order valence-corrected chi connectivity index (χ3v) is 5.86. The lowest BCUT2D eigenvalue weighted by molar-refractivity contribution is -0.132. The van der Waals surface area contributed by atoms with Gasteiger partial charge in [-0.2, -0.15) is 0 Å². The van der Waals surface area contributed by atoms with Gasteiger partial charge in [-0.3, -0.25) is 14.5 Å². The zero-order chi connectivity index (χ0) is 23.8. The van der Waals surface area contributed by atoms with Crippen molar-refractivity contribution in [1.82, 2.24) is 0 Å². The first-order valence-corrected chi connectivity index (χ1v) is 11.0. The highest BCUT2D eigenvalue weighted by Gasteiger charge is 2.47. The van der Waals surface area contributed by atoms with Crippen molar-refractivity contribution in [1.29, 1.82) is 0 Å². The monoisotopic (exact) mass is 457 g/mol. The van der Waals surface area contributed by atoms with E-state index in [1.165, 1.54) is 4.90 Å². The van der Waals surface area contributed by atoms with Gasteiger partial charge in [-0.05, 0) is 43.7 Å². The molecule has 1 unspecified atom stereocenters. The summed E-state index contributed by atoms with van der Waals surface area (Å²) in [5.41, 5.74) is 2.56. The third-order valence-electron chi connectivity index (χ3n) is 5.86. The Morgan fingerprint density at radius 1 is 1.03 bits per heavy atom. The highest BCUT2D eigenvalue weighted by Crippen LogP contribution is 2.45. The van der Waals surface area contributed by atoms with Crippen molar-refractivity contribution in [3.63, 3.8) is 0 Å². The standard InChI is InChI=1S/C27H23NO6/c1-3-32-20-9-5-8-18(13-20)25(29)23-24(17-7-4-6-16(2)12-17)28(27(31)26(23)30)19-10-11-21-22(14-19)34-15-33-21/h4-14,24,29H,3,15H2,1-2H3/b25-23+. The summed E-state index contributed by atoms with van der Waals surface area (Å²) >= 11 is 0. The number of aliphatic hydroxyl groups excluding tert-OH is 1. The number of aryl methyl sites for hydroxylation is 1. The number of nitrogens with zero attached hydrogens (tertiary/aromatic N) is 1. The second-order valence-electron chi connectivity index (χ2n) is 8.08. The van der Waals surface area contributed by atoms with E-state index in [9.17, 15) is 14.7 Å². The maximum absolute atomic E-state index is 13.3. The van der Waals surface area contributed by atoms with Crippen LogP contribution in [0.5, 0.6) is 17.2 Å². The van der Waals surface area contributed by atoms with Crippen LogP contribution in [0, 0.1) is 6.92 Å². The minimum absolute atomic E-state index is 0.0157. The van der Waals surface area contributed by atoms with Crippen molar-refractivity contribution < 1.29 is 28.9 Å². The van der Waals surface area contributed by atoms with Gasteiger partial charge in [0.2, 0.25) is 6.79 Å². The van der Waals surface area contributed by atoms with Crippen LogP contribution in [0.15, 0.2) is 72.3 Å². The molecule has 0 saturated carbocycles. The van der Waals surface area contributed by atoms with Crippen LogP contribution in [0.3, 0.4) is 0 Å². The summed E-state index contributed by atoms with van der Waals surface area (Å²) in [6.07, 6.45) is 0. The van der Waals surface area contributed by atoms with Gasteiger partial charge < -0.3 is 19.3 Å². The molecule has 2 aliphatic heterocycles. The van der Waals surface area contributed by atoms with E-state index < -0.39 is 17.7 Å². The number of rotatable bonds is 5. The molecule has 1 fully saturated rings. The molecule has 1 amide bonds. The normalized spacial score (nSPS) is 18.4. The van der Waals surface area contributed by atoms with Crippen LogP contribution >= 0.6 is 0 Å². The third kappa shape index (κ3) is 3.65. The topological polar surface area (TPSA) is 85.3 Å². The molecule has 1 atom stereocenters. The molecule has 2 heterocycles. The predicted molar refractivity (Wildman–Crippen MR) is 126 cm³/mol. The summed E-state index contributed by atoms with van der Waals surface area (Å²) in [6.45, 7) is 4.35. The second-order valence-corrected chi connectivity index (χ2v) is 8.08. The van der Waals surface area contributed by atoms with Gasteiger partial charge in [-0.25, -0.2) is 0 Å². The van der Waals surface area contributed by atoms with Crippen molar-refractivity contribution in [2.45, 2.75) is 19.9 Å². The Morgan fingerprint density at radius 2 is 1.82 bits per heavy atom. The first kappa shape index (κ1) is 21.6. The first-order chi connectivity index (χ1) is 16.5. The van der Waals surface area contributed by atoms with Crippen molar-refractivity contribution in [3.8, 4) is 17.2 Å². The smallest absolute Gasteiger partial charge is 0.300 e. The van der Waals surface area contributed by atoms with E-state index in [0.29, 0.717) is 40.7 Å². The minimum atomic E-state index is -0.823. The highest BCUT2D eigenvalue weighted by atomic mass is 16.7. The maximum atomic E-state index is 13.3. The number of carbonyl (C=O) groups is 2. The molecule has 1 N–H and O–H groups in total. The minimum Gasteiger partial charge on any atom is -0.507 e. The predicted octanol–water partition coefficient (Wildman–Crippen LogP) is 4.75. The molecule has 172 valence electrons. The van der Waals surface area contributed by atoms with E-state index in [1.807, 2.05) is 38.1 Å². The number of fused-ring (bicyclic) bond motifs is 1. The van der Waals surface area contributed by atoms with Gasteiger partial charge >= 0.3 is 0 Å². The number of aliphatic hydroxyl groups is 1. The number of carbonyl (C=O) groups excluding carboxylic acids is 2. The number of amides is 1. The number of Topliss-reactive ketones (excluding diaryl/α,β-unsaturated/α-hetero) is 1. The van der Waals surface area contributed by atoms with Gasteiger partial charge in [0.1, 0.15) is 11.5 Å². The van der Waals surface area contributed by atoms with Crippen LogP contribution in [-0.4, -0.2) is 30.2 Å². The Morgan fingerprint density at radius 3 is 2.62 bits per heavy atom. The molecule has 0 bridgehead atoms. The molecule has 0 aliphatic carbocycles. The van der Waals surface area contributed by atoms with Gasteiger partial charge in [0.25, 0.3) is 11.7 Å². The Balaban J connectivity index is 1.69. The van der Waals surface area contributed by atoms with Crippen LogP contribution < -0.4 is 19.1 Å². The van der Waals surface area contributed by atoms with Crippen LogP contribution in [0.25, 0.3) is 5.76 Å². The number of ketones is 1. The Kier molecular flexibility index (Phi) is 5.45. The zero-order valence-corrected chi connectivity index (χ0v) is 18.8. The van der Waals surface area contributed by atoms with Gasteiger partial charge in [0, 0.05) is 17.3 Å². The average Bonchev–Trinajstić information content (AvgIpc) is 3.41. The molecule has 1 saturated heterocycles. The number of anilines is 1. The lowest BCUT2D eigenvalue weighted by atomic mass is 9.94. The number of hydrogen-bond donors (Lipinski definition) is 1. The van der Waals surface area contributed by atoms with Crippen LogP contribution in [0.1, 0.15) is 29.7 Å². The quantitative estimate of drug-likeness (QED) is 0.338. The maximum Gasteiger partial charge on any atom is 0.300 e. The number of benzene rings is 3. The Labute approximate surface area is 196 Å². The van der Waals surface area contributed by atoms with E-state index in [4.69, 9.17) is 14.2 Å². The molecule has 3 aromatic carbocycles. The lowest BCUT2D eigenvalue weighted by Crippen LogP contribution is -2.29. The molecular formula is C27H23NO6. The first-order valence-electron chi connectivity index (χ1n) is 11.0. The van der Waals surface area contributed by atoms with E-state index in [1.54, 1.807) is 42.5 Å². The van der Waals surface area contributed by atoms with Crippen LogP contribution in [-0.2, 0) is 9.59 Å². The summed E-state index contributed by atoms with van der Waals surface area (Å²) < 4.78 is 16.4. The highest BCUT2D eigenvalue weighted by molar-refractivity contribution is 6.51. The van der Waals surface area contributed by atoms with Crippen molar-refractivity contribution >= 4 is 23.1 Å². The van der Waals surface area contributed by atoms with Gasteiger partial charge in [0.15, 0.2) is 11.5 Å². The van der Waals surface area contributed by atoms with Gasteiger partial charge in [-0.15, -0.1) is 0 Å². The molecule has 5 rings (SSSR count). The van der Waals surface area contributed by atoms with Crippen molar-refractivity contribution in [3.05, 3.63) is 89.0 Å². The molecule has 3 aromatic rings. The molecule has 0 aromatic heterocycles. The second kappa shape index (κ2) is 8.59. The fourth-order valence-corrected chi connectivity index (χ4v) is 4.34. The van der Waals surface area contributed by atoms with Crippen molar-refractivity contribution in [2.75, 3.05) is 18.3 Å². The number of hydrogen-bond acceptors (Lipinski definition) is 6. The Bertz CT molecular complexity index is 1330. The molecular weight excluding hydrogens is 434 g/mol. The van der Waals surface area contributed by atoms with Gasteiger partial charge in [0.05, 0.1) is 18.2 Å². The molecule has 7 heteroatoms. The summed E-state index contributed by atoms with van der Waals surface area (Å²) in [4.78, 5) is 28.0. The molecule has 0 spiro atoms. The van der Waals surface area contributed by atoms with E-state index in [2.05, 4.69) is 0 Å². The van der Waals surface area contributed by atoms with Crippen molar-refractivity contribution in [2.24, 2.45) is 0 Å².